The molecular formula is C7H13N. The van der Waals surface area contributed by atoms with Crippen molar-refractivity contribution in [1.29, 1.82) is 0 Å². The molecule has 1 saturated carbocycles. The largest absolute Gasteiger partial charge is 0.320 e. The minimum Gasteiger partial charge on any atom is -0.320 e. The van der Waals surface area contributed by atoms with Crippen LogP contribution in [-0.4, -0.2) is 13.6 Å². The van der Waals surface area contributed by atoms with E-state index in [9.17, 15) is 0 Å². The van der Waals surface area contributed by atoms with Gasteiger partial charge in [0.1, 0.15) is 0 Å². The lowest BCUT2D eigenvalue weighted by Crippen LogP contribution is -2.07. The van der Waals surface area contributed by atoms with E-state index < -0.39 is 0 Å². The SMILES string of the molecule is C=C1CC1CCNC. The van der Waals surface area contributed by atoms with Gasteiger partial charge in [-0.15, -0.1) is 0 Å². The van der Waals surface area contributed by atoms with Crippen molar-refractivity contribution in [3.8, 4) is 0 Å². The third-order valence-corrected chi connectivity index (χ3v) is 1.67. The molecule has 0 spiro atoms. The van der Waals surface area contributed by atoms with Crippen LogP contribution < -0.4 is 5.32 Å². The number of hydrogen-bond acceptors (Lipinski definition) is 1. The van der Waals surface area contributed by atoms with Gasteiger partial charge in [-0.25, -0.2) is 0 Å². The van der Waals surface area contributed by atoms with Gasteiger partial charge in [0.2, 0.25) is 0 Å². The van der Waals surface area contributed by atoms with E-state index in [-0.39, 0.29) is 0 Å². The average Bonchev–Trinajstić information content (AvgIpc) is 2.42. The van der Waals surface area contributed by atoms with Crippen molar-refractivity contribution < 1.29 is 0 Å². The summed E-state index contributed by atoms with van der Waals surface area (Å²) in [5.41, 5.74) is 1.44. The van der Waals surface area contributed by atoms with Crippen LogP contribution >= 0.6 is 0 Å². The Hall–Kier alpha value is -0.300. The summed E-state index contributed by atoms with van der Waals surface area (Å²) in [4.78, 5) is 0. The van der Waals surface area contributed by atoms with Crippen molar-refractivity contribution in [2.75, 3.05) is 13.6 Å². The molecule has 0 aromatic rings. The summed E-state index contributed by atoms with van der Waals surface area (Å²) in [6.07, 6.45) is 2.57. The van der Waals surface area contributed by atoms with E-state index in [1.54, 1.807) is 0 Å². The van der Waals surface area contributed by atoms with Crippen LogP contribution in [0, 0.1) is 5.92 Å². The highest BCUT2D eigenvalue weighted by Crippen LogP contribution is 2.37. The Labute approximate surface area is 50.8 Å². The molecule has 0 heterocycles. The average molecular weight is 111 g/mol. The minimum atomic E-state index is 0.863. The van der Waals surface area contributed by atoms with E-state index in [1.807, 2.05) is 7.05 Å². The van der Waals surface area contributed by atoms with E-state index in [4.69, 9.17) is 0 Å². The number of hydrogen-bond donors (Lipinski definition) is 1. The second-order valence-corrected chi connectivity index (χ2v) is 2.45. The highest BCUT2D eigenvalue weighted by molar-refractivity contribution is 5.18. The van der Waals surface area contributed by atoms with Crippen molar-refractivity contribution in [3.05, 3.63) is 12.2 Å². The van der Waals surface area contributed by atoms with E-state index in [0.29, 0.717) is 0 Å². The summed E-state index contributed by atoms with van der Waals surface area (Å²) in [5.74, 6) is 0.863. The second-order valence-electron chi connectivity index (χ2n) is 2.45. The van der Waals surface area contributed by atoms with Gasteiger partial charge in [-0.05, 0) is 32.4 Å². The Kier molecular flexibility index (Phi) is 1.69. The lowest BCUT2D eigenvalue weighted by atomic mass is 10.3. The summed E-state index contributed by atoms with van der Waals surface area (Å²) in [6.45, 7) is 5.02. The third-order valence-electron chi connectivity index (χ3n) is 1.67. The summed E-state index contributed by atoms with van der Waals surface area (Å²) in [7, 11) is 1.99. The van der Waals surface area contributed by atoms with Gasteiger partial charge < -0.3 is 5.32 Å². The Morgan fingerprint density at radius 1 is 1.88 bits per heavy atom. The normalized spacial score (nSPS) is 26.1. The first-order valence-corrected chi connectivity index (χ1v) is 3.17. The topological polar surface area (TPSA) is 12.0 Å². The highest BCUT2D eigenvalue weighted by atomic mass is 14.8. The van der Waals surface area contributed by atoms with Crippen LogP contribution in [0.15, 0.2) is 12.2 Å². The van der Waals surface area contributed by atoms with Gasteiger partial charge in [0, 0.05) is 0 Å². The molecule has 1 rings (SSSR count). The Balaban J connectivity index is 1.97. The molecule has 8 heavy (non-hydrogen) atoms. The quantitative estimate of drug-likeness (QED) is 0.539. The molecule has 0 radical (unpaired) electrons. The lowest BCUT2D eigenvalue weighted by molar-refractivity contribution is 0.680. The Morgan fingerprint density at radius 3 is 2.88 bits per heavy atom. The molecule has 46 valence electrons. The molecule has 0 bridgehead atoms. The van der Waals surface area contributed by atoms with Crippen molar-refractivity contribution in [3.63, 3.8) is 0 Å². The van der Waals surface area contributed by atoms with Crippen LogP contribution in [0.5, 0.6) is 0 Å². The summed E-state index contributed by atoms with van der Waals surface area (Å²) >= 11 is 0. The Morgan fingerprint density at radius 2 is 2.50 bits per heavy atom. The second kappa shape index (κ2) is 2.31. The van der Waals surface area contributed by atoms with Crippen LogP contribution in [0.25, 0.3) is 0 Å². The van der Waals surface area contributed by atoms with Crippen molar-refractivity contribution in [2.24, 2.45) is 5.92 Å². The molecule has 0 saturated heterocycles. The summed E-state index contributed by atoms with van der Waals surface area (Å²) < 4.78 is 0. The van der Waals surface area contributed by atoms with E-state index in [2.05, 4.69) is 11.9 Å². The zero-order valence-electron chi connectivity index (χ0n) is 5.41. The van der Waals surface area contributed by atoms with Crippen LogP contribution in [0.1, 0.15) is 12.8 Å². The standard InChI is InChI=1S/C7H13N/c1-6-5-7(6)3-4-8-2/h7-8H,1,3-5H2,2H3. The smallest absolute Gasteiger partial charge is 0.00461 e. The van der Waals surface area contributed by atoms with Crippen molar-refractivity contribution in [2.45, 2.75) is 12.8 Å². The van der Waals surface area contributed by atoms with Gasteiger partial charge in [0.25, 0.3) is 0 Å². The van der Waals surface area contributed by atoms with Gasteiger partial charge in [-0.2, -0.15) is 0 Å². The first-order chi connectivity index (χ1) is 3.84. The molecule has 0 aromatic heterocycles. The maximum absolute atomic E-state index is 3.87. The van der Waals surface area contributed by atoms with Gasteiger partial charge in [-0.1, -0.05) is 12.2 Å². The van der Waals surface area contributed by atoms with Crippen molar-refractivity contribution in [1.82, 2.24) is 5.32 Å². The predicted octanol–water partition coefficient (Wildman–Crippen LogP) is 1.17. The molecular weight excluding hydrogens is 98.1 g/mol. The van der Waals surface area contributed by atoms with E-state index in [0.717, 1.165) is 12.5 Å². The molecule has 1 N–H and O–H groups in total. The lowest BCUT2D eigenvalue weighted by Gasteiger charge is -1.92. The van der Waals surface area contributed by atoms with Crippen molar-refractivity contribution >= 4 is 0 Å². The summed E-state index contributed by atoms with van der Waals surface area (Å²) in [5, 5.41) is 3.12. The molecule has 1 unspecified atom stereocenters. The number of allylic oxidation sites excluding steroid dienone is 1. The monoisotopic (exact) mass is 111 g/mol. The van der Waals surface area contributed by atoms with Gasteiger partial charge in [-0.3, -0.25) is 0 Å². The fourth-order valence-electron chi connectivity index (χ4n) is 0.882. The van der Waals surface area contributed by atoms with Crippen LogP contribution in [0.4, 0.5) is 0 Å². The fourth-order valence-corrected chi connectivity index (χ4v) is 0.882. The van der Waals surface area contributed by atoms with Crippen LogP contribution in [0.3, 0.4) is 0 Å². The van der Waals surface area contributed by atoms with E-state index in [1.165, 1.54) is 18.4 Å². The molecule has 1 aliphatic rings. The fraction of sp³-hybridized carbons (Fsp3) is 0.714. The van der Waals surface area contributed by atoms with E-state index >= 15 is 0 Å². The van der Waals surface area contributed by atoms with Gasteiger partial charge in [0.15, 0.2) is 0 Å². The zero-order valence-corrected chi connectivity index (χ0v) is 5.41. The zero-order chi connectivity index (χ0) is 5.98. The maximum atomic E-state index is 3.87. The van der Waals surface area contributed by atoms with Gasteiger partial charge >= 0.3 is 0 Å². The highest BCUT2D eigenvalue weighted by Gasteiger charge is 2.25. The van der Waals surface area contributed by atoms with Gasteiger partial charge in [0.05, 0.1) is 0 Å². The first-order valence-electron chi connectivity index (χ1n) is 3.17. The molecule has 0 aliphatic heterocycles. The number of nitrogens with one attached hydrogen (secondary N) is 1. The van der Waals surface area contributed by atoms with Crippen LogP contribution in [0.2, 0.25) is 0 Å². The number of rotatable bonds is 3. The predicted molar refractivity (Wildman–Crippen MR) is 35.8 cm³/mol. The third kappa shape index (κ3) is 1.34. The maximum Gasteiger partial charge on any atom is -0.00461 e. The molecule has 1 aliphatic carbocycles. The molecule has 1 nitrogen and oxygen atoms in total. The molecule has 0 aromatic carbocycles. The molecule has 1 heteroatoms. The molecule has 1 atom stereocenters. The Bertz CT molecular complexity index is 96.6. The van der Waals surface area contributed by atoms with Crippen LogP contribution in [-0.2, 0) is 0 Å². The minimum absolute atomic E-state index is 0.863. The molecule has 1 fully saturated rings. The summed E-state index contributed by atoms with van der Waals surface area (Å²) in [6, 6.07) is 0. The first kappa shape index (κ1) is 5.83. The molecule has 0 amide bonds.